The molecule has 1 aliphatic rings. The van der Waals surface area contributed by atoms with E-state index in [9.17, 15) is 5.26 Å². The molecule has 2 aromatic rings. The lowest BCUT2D eigenvalue weighted by Gasteiger charge is -2.32. The van der Waals surface area contributed by atoms with Crippen LogP contribution in [0.5, 0.6) is 0 Å². The Morgan fingerprint density at radius 1 is 1.32 bits per heavy atom. The summed E-state index contributed by atoms with van der Waals surface area (Å²) in [5.74, 6) is 0. The van der Waals surface area contributed by atoms with E-state index < -0.39 is 0 Å². The minimum Gasteiger partial charge on any atom is -0.296 e. The maximum atomic E-state index is 9.52. The van der Waals surface area contributed by atoms with Gasteiger partial charge < -0.3 is 0 Å². The first-order valence-corrected chi connectivity index (χ1v) is 6.75. The molecule has 0 aliphatic carbocycles. The number of nitriles is 1. The van der Waals surface area contributed by atoms with E-state index in [1.54, 1.807) is 0 Å². The first-order chi connectivity index (χ1) is 9.20. The van der Waals surface area contributed by atoms with Crippen molar-refractivity contribution < 1.29 is 0 Å². The average Bonchev–Trinajstić information content (AvgIpc) is 2.44. The lowest BCUT2D eigenvalue weighted by molar-refractivity contribution is 0.202. The highest BCUT2D eigenvalue weighted by Crippen LogP contribution is 2.28. The highest BCUT2D eigenvalue weighted by atomic mass is 15.2. The van der Waals surface area contributed by atoms with E-state index in [2.05, 4.69) is 24.8 Å². The third-order valence-corrected chi connectivity index (χ3v) is 3.92. The van der Waals surface area contributed by atoms with Gasteiger partial charge in [-0.15, -0.1) is 0 Å². The molecule has 19 heavy (non-hydrogen) atoms. The molecule has 0 fully saturated rings. The van der Waals surface area contributed by atoms with Crippen molar-refractivity contribution >= 4 is 10.9 Å². The molecule has 2 heterocycles. The van der Waals surface area contributed by atoms with E-state index in [0.29, 0.717) is 6.04 Å². The van der Waals surface area contributed by atoms with Gasteiger partial charge in [-0.1, -0.05) is 18.2 Å². The third kappa shape index (κ3) is 1.98. The number of nitrogens with zero attached hydrogens (tertiary/aromatic N) is 3. The zero-order chi connectivity index (χ0) is 13.4. The molecular formula is C16H17N3. The van der Waals surface area contributed by atoms with Crippen molar-refractivity contribution in [3.63, 3.8) is 0 Å². The van der Waals surface area contributed by atoms with E-state index in [-0.39, 0.29) is 0 Å². The van der Waals surface area contributed by atoms with E-state index in [1.165, 1.54) is 0 Å². The van der Waals surface area contributed by atoms with Gasteiger partial charge in [-0.25, -0.2) is 0 Å². The van der Waals surface area contributed by atoms with Crippen molar-refractivity contribution in [2.75, 3.05) is 6.54 Å². The van der Waals surface area contributed by atoms with Crippen molar-refractivity contribution in [3.8, 4) is 6.07 Å². The van der Waals surface area contributed by atoms with Crippen LogP contribution < -0.4 is 0 Å². The fourth-order valence-electron chi connectivity index (χ4n) is 2.78. The Bertz CT molecular complexity index is 667. The Balaban J connectivity index is 2.20. The summed E-state index contributed by atoms with van der Waals surface area (Å²) < 4.78 is 0. The van der Waals surface area contributed by atoms with Crippen LogP contribution in [0, 0.1) is 11.3 Å². The SMILES string of the molecule is CC(C)N1CCc2nc3ccccc3c(C#N)c2C1. The molecule has 0 saturated heterocycles. The van der Waals surface area contributed by atoms with Gasteiger partial charge in [0, 0.05) is 42.2 Å². The number of hydrogen-bond donors (Lipinski definition) is 0. The predicted molar refractivity (Wildman–Crippen MR) is 75.7 cm³/mol. The van der Waals surface area contributed by atoms with E-state index in [1.807, 2.05) is 24.3 Å². The number of aromatic nitrogens is 1. The zero-order valence-electron chi connectivity index (χ0n) is 11.3. The van der Waals surface area contributed by atoms with Gasteiger partial charge in [0.15, 0.2) is 0 Å². The van der Waals surface area contributed by atoms with Crippen molar-refractivity contribution in [2.24, 2.45) is 0 Å². The second-order valence-electron chi connectivity index (χ2n) is 5.36. The summed E-state index contributed by atoms with van der Waals surface area (Å²) in [5, 5.41) is 10.5. The van der Waals surface area contributed by atoms with Crippen LogP contribution in [0.2, 0.25) is 0 Å². The minimum absolute atomic E-state index is 0.506. The van der Waals surface area contributed by atoms with Gasteiger partial charge in [-0.05, 0) is 19.9 Å². The molecule has 0 amide bonds. The lowest BCUT2D eigenvalue weighted by Crippen LogP contribution is -2.36. The molecule has 0 bridgehead atoms. The molecule has 3 nitrogen and oxygen atoms in total. The van der Waals surface area contributed by atoms with Crippen LogP contribution in [0.3, 0.4) is 0 Å². The Kier molecular flexibility index (Phi) is 2.96. The Morgan fingerprint density at radius 3 is 2.84 bits per heavy atom. The first kappa shape index (κ1) is 12.1. The molecule has 96 valence electrons. The van der Waals surface area contributed by atoms with Gasteiger partial charge in [0.2, 0.25) is 0 Å². The predicted octanol–water partition coefficient (Wildman–Crippen LogP) is 2.87. The third-order valence-electron chi connectivity index (χ3n) is 3.92. The van der Waals surface area contributed by atoms with Crippen molar-refractivity contribution in [2.45, 2.75) is 32.9 Å². The van der Waals surface area contributed by atoms with Crippen LogP contribution in [0.25, 0.3) is 10.9 Å². The number of para-hydroxylation sites is 1. The smallest absolute Gasteiger partial charge is 0.100 e. The molecule has 3 rings (SSSR count). The molecule has 0 spiro atoms. The Labute approximate surface area is 113 Å². The maximum Gasteiger partial charge on any atom is 0.100 e. The summed E-state index contributed by atoms with van der Waals surface area (Å²) in [6.07, 6.45) is 0.938. The van der Waals surface area contributed by atoms with Gasteiger partial charge in [0.1, 0.15) is 6.07 Å². The van der Waals surface area contributed by atoms with Crippen LogP contribution >= 0.6 is 0 Å². The molecular weight excluding hydrogens is 234 g/mol. The number of fused-ring (bicyclic) bond motifs is 2. The van der Waals surface area contributed by atoms with E-state index in [0.717, 1.165) is 47.2 Å². The lowest BCUT2D eigenvalue weighted by atomic mass is 9.96. The van der Waals surface area contributed by atoms with Crippen molar-refractivity contribution in [1.29, 1.82) is 5.26 Å². The molecule has 0 N–H and O–H groups in total. The molecule has 3 heteroatoms. The number of rotatable bonds is 1. The summed E-state index contributed by atoms with van der Waals surface area (Å²) in [7, 11) is 0. The first-order valence-electron chi connectivity index (χ1n) is 6.75. The van der Waals surface area contributed by atoms with Crippen molar-refractivity contribution in [3.05, 3.63) is 41.1 Å². The minimum atomic E-state index is 0.506. The van der Waals surface area contributed by atoms with Gasteiger partial charge in [-0.3, -0.25) is 9.88 Å². The topological polar surface area (TPSA) is 39.9 Å². The quantitative estimate of drug-likeness (QED) is 0.782. The second-order valence-corrected chi connectivity index (χ2v) is 5.36. The van der Waals surface area contributed by atoms with Crippen LogP contribution in [0.4, 0.5) is 0 Å². The Morgan fingerprint density at radius 2 is 2.11 bits per heavy atom. The number of hydrogen-bond acceptors (Lipinski definition) is 3. The summed E-state index contributed by atoms with van der Waals surface area (Å²) in [6, 6.07) is 10.8. The molecule has 0 radical (unpaired) electrons. The average molecular weight is 251 g/mol. The summed E-state index contributed by atoms with van der Waals surface area (Å²) in [4.78, 5) is 7.14. The van der Waals surface area contributed by atoms with Crippen LogP contribution in [0.1, 0.15) is 30.7 Å². The summed E-state index contributed by atoms with van der Waals surface area (Å²) in [5.41, 5.74) is 3.98. The van der Waals surface area contributed by atoms with E-state index in [4.69, 9.17) is 4.98 Å². The zero-order valence-corrected chi connectivity index (χ0v) is 11.3. The van der Waals surface area contributed by atoms with E-state index >= 15 is 0 Å². The van der Waals surface area contributed by atoms with Crippen molar-refractivity contribution in [1.82, 2.24) is 9.88 Å². The molecule has 1 aliphatic heterocycles. The summed E-state index contributed by atoms with van der Waals surface area (Å²) in [6.45, 7) is 6.27. The molecule has 0 unspecified atom stereocenters. The Hall–Kier alpha value is -1.92. The van der Waals surface area contributed by atoms with Crippen LogP contribution in [0.15, 0.2) is 24.3 Å². The molecule has 0 saturated carbocycles. The molecule has 1 aromatic heterocycles. The van der Waals surface area contributed by atoms with Crippen LogP contribution in [-0.4, -0.2) is 22.5 Å². The second kappa shape index (κ2) is 4.64. The fourth-order valence-corrected chi connectivity index (χ4v) is 2.78. The molecule has 0 atom stereocenters. The standard InChI is InChI=1S/C16H17N3/c1-11(2)19-8-7-16-14(10-19)13(9-17)12-5-3-4-6-15(12)18-16/h3-6,11H,7-8,10H2,1-2H3. The van der Waals surface area contributed by atoms with Gasteiger partial charge in [0.05, 0.1) is 11.1 Å². The number of pyridine rings is 1. The highest BCUT2D eigenvalue weighted by molar-refractivity contribution is 5.86. The van der Waals surface area contributed by atoms with Gasteiger partial charge >= 0.3 is 0 Å². The molecule has 1 aromatic carbocycles. The maximum absolute atomic E-state index is 9.52. The fraction of sp³-hybridized carbons (Fsp3) is 0.375. The van der Waals surface area contributed by atoms with Gasteiger partial charge in [0.25, 0.3) is 0 Å². The monoisotopic (exact) mass is 251 g/mol. The summed E-state index contributed by atoms with van der Waals surface area (Å²) >= 11 is 0. The number of benzene rings is 1. The van der Waals surface area contributed by atoms with Gasteiger partial charge in [-0.2, -0.15) is 5.26 Å². The van der Waals surface area contributed by atoms with Crippen LogP contribution in [-0.2, 0) is 13.0 Å². The largest absolute Gasteiger partial charge is 0.296 e. The normalized spacial score (nSPS) is 15.5. The highest BCUT2D eigenvalue weighted by Gasteiger charge is 2.23.